The molecule has 0 spiro atoms. The first kappa shape index (κ1) is 17.2. The number of nitrogens with zero attached hydrogens (tertiary/aromatic N) is 1. The summed E-state index contributed by atoms with van der Waals surface area (Å²) in [6, 6.07) is 9.32. The van der Waals surface area contributed by atoms with Crippen molar-refractivity contribution >= 4 is 27.5 Å². The second kappa shape index (κ2) is 7.99. The van der Waals surface area contributed by atoms with Gasteiger partial charge >= 0.3 is 6.03 Å². The van der Waals surface area contributed by atoms with Crippen LogP contribution in [-0.4, -0.2) is 42.6 Å². The Labute approximate surface area is 148 Å². The monoisotopic (exact) mass is 345 g/mol. The van der Waals surface area contributed by atoms with E-state index in [-0.39, 0.29) is 6.03 Å². The third-order valence-electron chi connectivity index (χ3n) is 4.84. The molecule has 0 aliphatic carbocycles. The summed E-state index contributed by atoms with van der Waals surface area (Å²) in [6.07, 6.45) is 2.96. The molecule has 1 aromatic carbocycles. The highest BCUT2D eigenvalue weighted by molar-refractivity contribution is 7.17. The average Bonchev–Trinajstić information content (AvgIpc) is 2.99. The van der Waals surface area contributed by atoms with Gasteiger partial charge in [-0.1, -0.05) is 18.2 Å². The molecule has 1 aliphatic heterocycles. The summed E-state index contributed by atoms with van der Waals surface area (Å²) in [7, 11) is 0. The Balaban J connectivity index is 1.40. The molecule has 5 heteroatoms. The van der Waals surface area contributed by atoms with E-state index in [0.717, 1.165) is 32.4 Å². The largest absolute Gasteiger partial charge is 0.338 e. The summed E-state index contributed by atoms with van der Waals surface area (Å²) in [5.74, 6) is 0. The number of thiophene rings is 1. The van der Waals surface area contributed by atoms with E-state index in [1.54, 1.807) is 11.3 Å². The van der Waals surface area contributed by atoms with Crippen LogP contribution in [-0.2, 0) is 6.42 Å². The maximum absolute atomic E-state index is 12.1. The first-order valence-corrected chi connectivity index (χ1v) is 9.75. The molecular weight excluding hydrogens is 318 g/mol. The van der Waals surface area contributed by atoms with Crippen LogP contribution in [0.5, 0.6) is 0 Å². The van der Waals surface area contributed by atoms with Crippen LogP contribution in [0.1, 0.15) is 32.3 Å². The van der Waals surface area contributed by atoms with Crippen molar-refractivity contribution < 1.29 is 4.79 Å². The number of hydrogen-bond donors (Lipinski definition) is 2. The van der Waals surface area contributed by atoms with Gasteiger partial charge in [0.2, 0.25) is 0 Å². The van der Waals surface area contributed by atoms with E-state index in [0.29, 0.717) is 18.6 Å². The van der Waals surface area contributed by atoms with E-state index in [1.807, 2.05) is 0 Å². The van der Waals surface area contributed by atoms with Crippen LogP contribution in [0.15, 0.2) is 29.6 Å². The molecule has 24 heavy (non-hydrogen) atoms. The van der Waals surface area contributed by atoms with E-state index in [2.05, 4.69) is 59.0 Å². The minimum Gasteiger partial charge on any atom is -0.338 e. The SMILES string of the molecule is CC(C)N1CCC(NC(=O)NCCc2csc3ccccc23)CC1. The summed E-state index contributed by atoms with van der Waals surface area (Å²) in [5, 5.41) is 9.64. The van der Waals surface area contributed by atoms with Gasteiger partial charge in [0.25, 0.3) is 0 Å². The van der Waals surface area contributed by atoms with Gasteiger partial charge < -0.3 is 15.5 Å². The third-order valence-corrected chi connectivity index (χ3v) is 5.85. The number of piperidine rings is 1. The number of carbonyl (C=O) groups excluding carboxylic acids is 1. The molecule has 130 valence electrons. The Kier molecular flexibility index (Phi) is 5.74. The first-order chi connectivity index (χ1) is 11.6. The summed E-state index contributed by atoms with van der Waals surface area (Å²) >= 11 is 1.77. The Bertz CT molecular complexity index is 674. The van der Waals surface area contributed by atoms with Crippen molar-refractivity contribution in [3.05, 3.63) is 35.2 Å². The van der Waals surface area contributed by atoms with Crippen LogP contribution in [0.25, 0.3) is 10.1 Å². The predicted molar refractivity (Wildman–Crippen MR) is 102 cm³/mol. The minimum absolute atomic E-state index is 0.0301. The molecule has 0 radical (unpaired) electrons. The Morgan fingerprint density at radius 2 is 2.04 bits per heavy atom. The number of likely N-dealkylation sites (tertiary alicyclic amines) is 1. The number of fused-ring (bicyclic) bond motifs is 1. The third kappa shape index (κ3) is 4.28. The molecule has 4 nitrogen and oxygen atoms in total. The Hall–Kier alpha value is -1.59. The van der Waals surface area contributed by atoms with Crippen LogP contribution in [0.4, 0.5) is 4.79 Å². The highest BCUT2D eigenvalue weighted by Crippen LogP contribution is 2.25. The Morgan fingerprint density at radius 3 is 2.79 bits per heavy atom. The minimum atomic E-state index is -0.0301. The Morgan fingerprint density at radius 1 is 1.29 bits per heavy atom. The molecule has 2 aromatic rings. The number of carbonyl (C=O) groups is 1. The zero-order valence-corrected chi connectivity index (χ0v) is 15.4. The zero-order chi connectivity index (χ0) is 16.9. The van der Waals surface area contributed by atoms with Gasteiger partial charge in [0.15, 0.2) is 0 Å². The predicted octanol–water partition coefficient (Wildman–Crippen LogP) is 3.62. The molecule has 3 rings (SSSR count). The normalized spacial score (nSPS) is 16.6. The van der Waals surface area contributed by atoms with Crippen molar-refractivity contribution in [3.8, 4) is 0 Å². The lowest BCUT2D eigenvalue weighted by molar-refractivity contribution is 0.161. The standard InChI is InChI=1S/C19H27N3OS/c1-14(2)22-11-8-16(9-12-22)21-19(23)20-10-7-15-13-24-18-6-4-3-5-17(15)18/h3-6,13-14,16H,7-12H2,1-2H3,(H2,20,21,23). The fourth-order valence-corrected chi connectivity index (χ4v) is 4.33. The highest BCUT2D eigenvalue weighted by Gasteiger charge is 2.21. The van der Waals surface area contributed by atoms with Crippen molar-refractivity contribution in [1.82, 2.24) is 15.5 Å². The lowest BCUT2D eigenvalue weighted by Crippen LogP contribution is -2.49. The molecule has 2 amide bonds. The van der Waals surface area contributed by atoms with Crippen LogP contribution in [0.2, 0.25) is 0 Å². The molecule has 1 aromatic heterocycles. The molecule has 0 atom stereocenters. The molecule has 0 bridgehead atoms. The maximum atomic E-state index is 12.1. The smallest absolute Gasteiger partial charge is 0.315 e. The number of amides is 2. The van der Waals surface area contributed by atoms with Gasteiger partial charge in [0, 0.05) is 36.4 Å². The van der Waals surface area contributed by atoms with E-state index in [1.165, 1.54) is 15.6 Å². The first-order valence-electron chi connectivity index (χ1n) is 8.87. The lowest BCUT2D eigenvalue weighted by atomic mass is 10.0. The van der Waals surface area contributed by atoms with Crippen LogP contribution in [0, 0.1) is 0 Å². The van der Waals surface area contributed by atoms with Gasteiger partial charge in [-0.05, 0) is 55.5 Å². The number of benzene rings is 1. The molecule has 1 fully saturated rings. The molecule has 2 heterocycles. The summed E-state index contributed by atoms with van der Waals surface area (Å²) < 4.78 is 1.31. The molecule has 1 saturated heterocycles. The maximum Gasteiger partial charge on any atom is 0.315 e. The molecule has 1 aliphatic rings. The van der Waals surface area contributed by atoms with Gasteiger partial charge in [-0.25, -0.2) is 4.79 Å². The number of nitrogens with one attached hydrogen (secondary N) is 2. The van der Waals surface area contributed by atoms with Crippen molar-refractivity contribution in [2.75, 3.05) is 19.6 Å². The van der Waals surface area contributed by atoms with Crippen LogP contribution in [0.3, 0.4) is 0 Å². The lowest BCUT2D eigenvalue weighted by Gasteiger charge is -2.34. The summed E-state index contributed by atoms with van der Waals surface area (Å²) in [5.41, 5.74) is 1.32. The summed E-state index contributed by atoms with van der Waals surface area (Å²) in [6.45, 7) is 7.29. The molecule has 0 unspecified atom stereocenters. The van der Waals surface area contributed by atoms with Gasteiger partial charge in [0.1, 0.15) is 0 Å². The fourth-order valence-electron chi connectivity index (χ4n) is 3.33. The molecular formula is C19H27N3OS. The summed E-state index contributed by atoms with van der Waals surface area (Å²) in [4.78, 5) is 14.6. The number of rotatable bonds is 5. The van der Waals surface area contributed by atoms with Crippen molar-refractivity contribution in [1.29, 1.82) is 0 Å². The molecule has 2 N–H and O–H groups in total. The van der Waals surface area contributed by atoms with Crippen molar-refractivity contribution in [3.63, 3.8) is 0 Å². The van der Waals surface area contributed by atoms with Crippen LogP contribution >= 0.6 is 11.3 Å². The van der Waals surface area contributed by atoms with Crippen molar-refractivity contribution in [2.45, 2.75) is 45.2 Å². The van der Waals surface area contributed by atoms with Gasteiger partial charge in [-0.3, -0.25) is 0 Å². The van der Waals surface area contributed by atoms with Gasteiger partial charge in [-0.15, -0.1) is 11.3 Å². The van der Waals surface area contributed by atoms with E-state index in [9.17, 15) is 4.79 Å². The second-order valence-corrected chi connectivity index (χ2v) is 7.72. The van der Waals surface area contributed by atoms with E-state index >= 15 is 0 Å². The zero-order valence-electron chi connectivity index (χ0n) is 14.5. The highest BCUT2D eigenvalue weighted by atomic mass is 32.1. The second-order valence-electron chi connectivity index (χ2n) is 6.81. The van der Waals surface area contributed by atoms with E-state index < -0.39 is 0 Å². The van der Waals surface area contributed by atoms with Crippen molar-refractivity contribution in [2.24, 2.45) is 0 Å². The topological polar surface area (TPSA) is 44.4 Å². The van der Waals surface area contributed by atoms with Gasteiger partial charge in [-0.2, -0.15) is 0 Å². The number of hydrogen-bond acceptors (Lipinski definition) is 3. The average molecular weight is 346 g/mol. The van der Waals surface area contributed by atoms with Gasteiger partial charge in [0.05, 0.1) is 0 Å². The quantitative estimate of drug-likeness (QED) is 0.869. The van der Waals surface area contributed by atoms with Crippen LogP contribution < -0.4 is 10.6 Å². The fraction of sp³-hybridized carbons (Fsp3) is 0.526. The van der Waals surface area contributed by atoms with E-state index in [4.69, 9.17) is 0 Å². The molecule has 0 saturated carbocycles. The number of urea groups is 1.